The van der Waals surface area contributed by atoms with E-state index in [-0.39, 0.29) is 35.6 Å². The number of likely N-dealkylation sites (N-methyl/N-ethyl adjacent to an activating group) is 1. The Morgan fingerprint density at radius 2 is 1.83 bits per heavy atom. The number of likely N-dealkylation sites (tertiary alicyclic amines) is 1. The summed E-state index contributed by atoms with van der Waals surface area (Å²) in [6, 6.07) is 9.35. The number of aromatic nitrogens is 1. The largest absolute Gasteiger partial charge is 0.381 e. The molecule has 1 aromatic heterocycles. The highest BCUT2D eigenvalue weighted by molar-refractivity contribution is 5.90. The van der Waals surface area contributed by atoms with Crippen LogP contribution in [0.4, 0.5) is 10.1 Å². The first-order valence-corrected chi connectivity index (χ1v) is 13.2. The molecular weight excluding hydrogens is 457 g/mol. The van der Waals surface area contributed by atoms with Crippen LogP contribution in [0, 0.1) is 11.7 Å². The third-order valence-electron chi connectivity index (χ3n) is 7.58. The molecule has 1 aliphatic carbocycles. The van der Waals surface area contributed by atoms with E-state index in [0.717, 1.165) is 55.5 Å². The molecule has 0 bridgehead atoms. The molecule has 0 radical (unpaired) electrons. The molecule has 2 heterocycles. The van der Waals surface area contributed by atoms with E-state index in [1.807, 2.05) is 24.0 Å². The number of hydrogen-bond donors (Lipinski definition) is 3. The Kier molecular flexibility index (Phi) is 8.91. The fourth-order valence-corrected chi connectivity index (χ4v) is 5.32. The van der Waals surface area contributed by atoms with Crippen molar-refractivity contribution in [1.29, 1.82) is 0 Å². The lowest BCUT2D eigenvalue weighted by Crippen LogP contribution is -2.55. The molecule has 194 valence electrons. The van der Waals surface area contributed by atoms with Gasteiger partial charge in [-0.3, -0.25) is 14.6 Å². The zero-order valence-electron chi connectivity index (χ0n) is 21.3. The number of benzene rings is 1. The van der Waals surface area contributed by atoms with Crippen LogP contribution in [0.15, 0.2) is 42.6 Å². The number of nitrogens with one attached hydrogen (secondary N) is 3. The van der Waals surface area contributed by atoms with Crippen LogP contribution in [0.1, 0.15) is 69.2 Å². The maximum atomic E-state index is 13.9. The summed E-state index contributed by atoms with van der Waals surface area (Å²) in [6.45, 7) is 3.04. The van der Waals surface area contributed by atoms with Crippen molar-refractivity contribution in [3.63, 3.8) is 0 Å². The van der Waals surface area contributed by atoms with Gasteiger partial charge in [0.25, 0.3) is 0 Å². The quantitative estimate of drug-likeness (QED) is 0.486. The Hall–Kier alpha value is -3.00. The zero-order chi connectivity index (χ0) is 25.5. The summed E-state index contributed by atoms with van der Waals surface area (Å²) in [4.78, 5) is 33.2. The average molecular weight is 496 g/mol. The van der Waals surface area contributed by atoms with Crippen molar-refractivity contribution < 1.29 is 14.0 Å². The normalized spacial score (nSPS) is 20.1. The number of amides is 2. The predicted molar refractivity (Wildman–Crippen MR) is 139 cm³/mol. The van der Waals surface area contributed by atoms with E-state index in [2.05, 4.69) is 20.9 Å². The molecular formula is C28H38FN5O2. The van der Waals surface area contributed by atoms with Crippen molar-refractivity contribution in [3.05, 3.63) is 59.7 Å². The zero-order valence-corrected chi connectivity index (χ0v) is 21.3. The summed E-state index contributed by atoms with van der Waals surface area (Å²) in [6.07, 6.45) is 8.82. The second kappa shape index (κ2) is 12.3. The Morgan fingerprint density at radius 1 is 1.08 bits per heavy atom. The molecule has 8 heteroatoms. The summed E-state index contributed by atoms with van der Waals surface area (Å²) in [5.41, 5.74) is 2.74. The minimum atomic E-state index is -0.506. The molecule has 0 unspecified atom stereocenters. The van der Waals surface area contributed by atoms with Crippen molar-refractivity contribution in [3.8, 4) is 0 Å². The SMILES string of the molecule is CN[C@@H](C)C(=O)N[C@H](C(=O)N1CCC[C@H]1c1cc(NCc2ccc(F)cc2)ccn1)C1CCCCC1. The molecule has 1 saturated carbocycles. The number of halogens is 1. The number of rotatable bonds is 9. The predicted octanol–water partition coefficient (Wildman–Crippen LogP) is 4.17. The van der Waals surface area contributed by atoms with Gasteiger partial charge in [0.2, 0.25) is 11.8 Å². The van der Waals surface area contributed by atoms with Crippen LogP contribution in [-0.4, -0.2) is 47.4 Å². The van der Waals surface area contributed by atoms with Gasteiger partial charge in [0.15, 0.2) is 0 Å². The number of anilines is 1. The third-order valence-corrected chi connectivity index (χ3v) is 7.58. The Labute approximate surface area is 213 Å². The maximum absolute atomic E-state index is 13.9. The smallest absolute Gasteiger partial charge is 0.246 e. The molecule has 0 spiro atoms. The topological polar surface area (TPSA) is 86.4 Å². The number of hydrogen-bond acceptors (Lipinski definition) is 5. The van der Waals surface area contributed by atoms with Crippen LogP contribution >= 0.6 is 0 Å². The Morgan fingerprint density at radius 3 is 2.56 bits per heavy atom. The highest BCUT2D eigenvalue weighted by atomic mass is 19.1. The molecule has 1 aromatic carbocycles. The molecule has 2 aromatic rings. The van der Waals surface area contributed by atoms with Gasteiger partial charge in [-0.25, -0.2) is 4.39 Å². The number of nitrogens with zero attached hydrogens (tertiary/aromatic N) is 2. The van der Waals surface area contributed by atoms with Gasteiger partial charge in [-0.05, 0) is 75.4 Å². The molecule has 3 N–H and O–H groups in total. The van der Waals surface area contributed by atoms with Crippen LogP contribution < -0.4 is 16.0 Å². The lowest BCUT2D eigenvalue weighted by molar-refractivity contribution is -0.139. The van der Waals surface area contributed by atoms with Gasteiger partial charge in [-0.15, -0.1) is 0 Å². The lowest BCUT2D eigenvalue weighted by atomic mass is 9.83. The Bertz CT molecular complexity index is 1020. The third kappa shape index (κ3) is 6.40. The van der Waals surface area contributed by atoms with Crippen molar-refractivity contribution in [2.45, 2.75) is 76.5 Å². The monoisotopic (exact) mass is 495 g/mol. The summed E-state index contributed by atoms with van der Waals surface area (Å²) in [5.74, 6) is -0.217. The van der Waals surface area contributed by atoms with Gasteiger partial charge in [0, 0.05) is 25.0 Å². The van der Waals surface area contributed by atoms with Gasteiger partial charge in [0.05, 0.1) is 17.8 Å². The van der Waals surface area contributed by atoms with E-state index >= 15 is 0 Å². The number of pyridine rings is 1. The van der Waals surface area contributed by atoms with Gasteiger partial charge in [-0.2, -0.15) is 0 Å². The second-order valence-electron chi connectivity index (χ2n) is 10.0. The van der Waals surface area contributed by atoms with Crippen molar-refractivity contribution >= 4 is 17.5 Å². The van der Waals surface area contributed by atoms with Crippen molar-refractivity contribution in [2.75, 3.05) is 18.9 Å². The number of carbonyl (C=O) groups is 2. The van der Waals surface area contributed by atoms with Gasteiger partial charge >= 0.3 is 0 Å². The van der Waals surface area contributed by atoms with Crippen molar-refractivity contribution in [1.82, 2.24) is 20.5 Å². The summed E-state index contributed by atoms with van der Waals surface area (Å²) < 4.78 is 13.2. The molecule has 36 heavy (non-hydrogen) atoms. The van der Waals surface area contributed by atoms with E-state index in [1.165, 1.54) is 18.6 Å². The van der Waals surface area contributed by atoms with E-state index in [9.17, 15) is 14.0 Å². The van der Waals surface area contributed by atoms with Crippen LogP contribution in [0.25, 0.3) is 0 Å². The minimum Gasteiger partial charge on any atom is -0.381 e. The molecule has 2 fully saturated rings. The van der Waals surface area contributed by atoms with E-state index in [0.29, 0.717) is 13.1 Å². The second-order valence-corrected chi connectivity index (χ2v) is 10.0. The summed E-state index contributed by atoms with van der Waals surface area (Å²) >= 11 is 0. The number of carbonyl (C=O) groups excluding carboxylic acids is 2. The van der Waals surface area contributed by atoms with Crippen LogP contribution in [0.5, 0.6) is 0 Å². The fraction of sp³-hybridized carbons (Fsp3) is 0.536. The first-order chi connectivity index (χ1) is 17.5. The highest BCUT2D eigenvalue weighted by Gasteiger charge is 2.39. The lowest BCUT2D eigenvalue weighted by Gasteiger charge is -2.35. The first kappa shape index (κ1) is 26.1. The molecule has 3 atom stereocenters. The van der Waals surface area contributed by atoms with Gasteiger partial charge in [0.1, 0.15) is 11.9 Å². The van der Waals surface area contributed by atoms with E-state index < -0.39 is 6.04 Å². The van der Waals surface area contributed by atoms with E-state index in [4.69, 9.17) is 0 Å². The standard InChI is InChI=1S/C28H38FN5O2/c1-19(30-2)27(35)33-26(21-7-4-3-5-8-21)28(36)34-16-6-9-25(34)24-17-23(14-15-31-24)32-18-20-10-12-22(29)13-11-20/h10-15,17,19,21,25-26,30H,3-9,16,18H2,1-2H3,(H,31,32)(H,33,35)/t19-,25-,26-/m0/s1. The minimum absolute atomic E-state index is 0.00697. The summed E-state index contributed by atoms with van der Waals surface area (Å²) in [5, 5.41) is 9.44. The molecule has 2 amide bonds. The molecule has 4 rings (SSSR count). The molecule has 1 aliphatic heterocycles. The summed E-state index contributed by atoms with van der Waals surface area (Å²) in [7, 11) is 1.75. The van der Waals surface area contributed by atoms with Gasteiger partial charge in [-0.1, -0.05) is 31.4 Å². The highest BCUT2D eigenvalue weighted by Crippen LogP contribution is 2.35. The fourth-order valence-electron chi connectivity index (χ4n) is 5.32. The van der Waals surface area contributed by atoms with Crippen LogP contribution in [-0.2, 0) is 16.1 Å². The Balaban J connectivity index is 1.48. The maximum Gasteiger partial charge on any atom is 0.246 e. The molecule has 7 nitrogen and oxygen atoms in total. The van der Waals surface area contributed by atoms with Gasteiger partial charge < -0.3 is 20.9 Å². The van der Waals surface area contributed by atoms with E-state index in [1.54, 1.807) is 25.4 Å². The average Bonchev–Trinajstić information content (AvgIpc) is 3.41. The van der Waals surface area contributed by atoms with Crippen LogP contribution in [0.3, 0.4) is 0 Å². The molecule has 1 saturated heterocycles. The van der Waals surface area contributed by atoms with Crippen LogP contribution in [0.2, 0.25) is 0 Å². The van der Waals surface area contributed by atoms with Crippen molar-refractivity contribution in [2.24, 2.45) is 5.92 Å². The molecule has 2 aliphatic rings. The first-order valence-electron chi connectivity index (χ1n) is 13.2.